The van der Waals surface area contributed by atoms with Gasteiger partial charge in [0.15, 0.2) is 0 Å². The van der Waals surface area contributed by atoms with Crippen LogP contribution in [0.25, 0.3) is 0 Å². The number of benzene rings is 2. The topological polar surface area (TPSA) is 66.4 Å². The molecule has 4 nitrogen and oxygen atoms in total. The lowest BCUT2D eigenvalue weighted by molar-refractivity contribution is 0.161. The fourth-order valence-corrected chi connectivity index (χ4v) is 3.45. The molecule has 0 aromatic heterocycles. The molecule has 0 spiro atoms. The maximum atomic E-state index is 12.4. The fraction of sp³-hybridized carbons (Fsp3) is 0.222. The van der Waals surface area contributed by atoms with Gasteiger partial charge in [0.25, 0.3) is 0 Å². The van der Waals surface area contributed by atoms with E-state index in [0.29, 0.717) is 0 Å². The summed E-state index contributed by atoms with van der Waals surface area (Å²) >= 11 is 0. The van der Waals surface area contributed by atoms with Crippen LogP contribution in [0, 0.1) is 6.92 Å². The first-order valence-electron chi connectivity index (χ1n) is 7.37. The van der Waals surface area contributed by atoms with Gasteiger partial charge in [-0.1, -0.05) is 54.1 Å². The molecule has 0 bridgehead atoms. The predicted molar refractivity (Wildman–Crippen MR) is 91.5 cm³/mol. The molecule has 0 heterocycles. The van der Waals surface area contributed by atoms with Gasteiger partial charge in [0, 0.05) is 6.04 Å². The van der Waals surface area contributed by atoms with Gasteiger partial charge in [-0.25, -0.2) is 13.1 Å². The first kappa shape index (κ1) is 17.4. The Morgan fingerprint density at radius 3 is 2.30 bits per heavy atom. The van der Waals surface area contributed by atoms with Gasteiger partial charge in [0.2, 0.25) is 10.0 Å². The van der Waals surface area contributed by atoms with E-state index in [2.05, 4.69) is 11.3 Å². The lowest BCUT2D eigenvalue weighted by atomic mass is 10.0. The third-order valence-electron chi connectivity index (χ3n) is 3.58. The Morgan fingerprint density at radius 1 is 1.13 bits per heavy atom. The van der Waals surface area contributed by atoms with Crippen molar-refractivity contribution in [3.63, 3.8) is 0 Å². The number of aliphatic hydroxyl groups excluding tert-OH is 1. The Balaban J connectivity index is 2.09. The minimum atomic E-state index is -3.65. The quantitative estimate of drug-likeness (QED) is 0.767. The summed E-state index contributed by atoms with van der Waals surface area (Å²) < 4.78 is 27.4. The standard InChI is InChI=1S/C18H21NO3S/c1-3-16(13-18(20)15-7-5-4-6-8-15)19-23(21,22)17-11-9-14(2)10-12-17/h3-12,16,18-20H,1,13H2,2H3/t16-,18+/m0/s1. The summed E-state index contributed by atoms with van der Waals surface area (Å²) in [6.45, 7) is 5.56. The largest absolute Gasteiger partial charge is 0.388 e. The zero-order chi connectivity index (χ0) is 16.9. The number of aryl methyl sites for hydroxylation is 1. The first-order chi connectivity index (χ1) is 10.9. The zero-order valence-corrected chi connectivity index (χ0v) is 13.8. The molecule has 0 aliphatic carbocycles. The number of aliphatic hydroxyl groups is 1. The number of sulfonamides is 1. The Kier molecular flexibility index (Phi) is 5.71. The van der Waals surface area contributed by atoms with Gasteiger partial charge >= 0.3 is 0 Å². The number of hydrogen-bond donors (Lipinski definition) is 2. The van der Waals surface area contributed by atoms with Crippen molar-refractivity contribution in [1.82, 2.24) is 4.72 Å². The number of hydrogen-bond acceptors (Lipinski definition) is 3. The monoisotopic (exact) mass is 331 g/mol. The van der Waals surface area contributed by atoms with Crippen molar-refractivity contribution in [1.29, 1.82) is 0 Å². The van der Waals surface area contributed by atoms with Crippen LogP contribution in [-0.4, -0.2) is 19.6 Å². The van der Waals surface area contributed by atoms with Crippen LogP contribution in [0.15, 0.2) is 72.1 Å². The molecular weight excluding hydrogens is 310 g/mol. The van der Waals surface area contributed by atoms with Crippen molar-refractivity contribution in [3.05, 3.63) is 78.4 Å². The summed E-state index contributed by atoms with van der Waals surface area (Å²) in [5.74, 6) is 0. The van der Waals surface area contributed by atoms with E-state index in [0.717, 1.165) is 11.1 Å². The SMILES string of the molecule is C=C[C@@H](C[C@@H](O)c1ccccc1)NS(=O)(=O)c1ccc(C)cc1. The molecule has 0 aliphatic rings. The fourth-order valence-electron chi connectivity index (χ4n) is 2.23. The molecule has 2 N–H and O–H groups in total. The normalized spacial score (nSPS) is 14.2. The van der Waals surface area contributed by atoms with E-state index in [1.807, 2.05) is 25.1 Å². The summed E-state index contributed by atoms with van der Waals surface area (Å²) in [4.78, 5) is 0.198. The van der Waals surface area contributed by atoms with Gasteiger partial charge in [0.05, 0.1) is 11.0 Å². The molecule has 0 fully saturated rings. The second-order valence-electron chi connectivity index (χ2n) is 5.44. The Morgan fingerprint density at radius 2 is 1.74 bits per heavy atom. The van der Waals surface area contributed by atoms with Crippen LogP contribution >= 0.6 is 0 Å². The lowest BCUT2D eigenvalue weighted by Crippen LogP contribution is -2.34. The second-order valence-corrected chi connectivity index (χ2v) is 7.15. The van der Waals surface area contributed by atoms with E-state index in [9.17, 15) is 13.5 Å². The highest BCUT2D eigenvalue weighted by Gasteiger charge is 2.21. The molecule has 122 valence electrons. The van der Waals surface area contributed by atoms with Crippen LogP contribution < -0.4 is 4.72 Å². The molecule has 0 aliphatic heterocycles. The predicted octanol–water partition coefficient (Wildman–Crippen LogP) is 2.95. The minimum Gasteiger partial charge on any atom is -0.388 e. The maximum absolute atomic E-state index is 12.4. The molecule has 2 atom stereocenters. The zero-order valence-electron chi connectivity index (χ0n) is 13.0. The van der Waals surface area contributed by atoms with Crippen LogP contribution in [0.5, 0.6) is 0 Å². The average Bonchev–Trinajstić information content (AvgIpc) is 2.55. The van der Waals surface area contributed by atoms with Gasteiger partial charge in [-0.15, -0.1) is 6.58 Å². The molecular formula is C18H21NO3S. The van der Waals surface area contributed by atoms with Crippen LogP contribution in [0.3, 0.4) is 0 Å². The molecule has 2 aromatic carbocycles. The van der Waals surface area contributed by atoms with Crippen molar-refractivity contribution in [2.45, 2.75) is 30.4 Å². The van der Waals surface area contributed by atoms with Crippen LogP contribution in [-0.2, 0) is 10.0 Å². The van der Waals surface area contributed by atoms with E-state index in [1.54, 1.807) is 36.4 Å². The summed E-state index contributed by atoms with van der Waals surface area (Å²) in [5.41, 5.74) is 1.73. The molecule has 2 rings (SSSR count). The molecule has 23 heavy (non-hydrogen) atoms. The highest BCUT2D eigenvalue weighted by Crippen LogP contribution is 2.19. The molecule has 0 unspecified atom stereocenters. The number of rotatable bonds is 7. The summed E-state index contributed by atoms with van der Waals surface area (Å²) in [7, 11) is -3.65. The summed E-state index contributed by atoms with van der Waals surface area (Å²) in [6.07, 6.45) is 0.955. The van der Waals surface area contributed by atoms with Gasteiger partial charge < -0.3 is 5.11 Å². The maximum Gasteiger partial charge on any atom is 0.241 e. The third kappa shape index (κ3) is 4.76. The highest BCUT2D eigenvalue weighted by atomic mass is 32.2. The highest BCUT2D eigenvalue weighted by molar-refractivity contribution is 7.89. The molecule has 0 radical (unpaired) electrons. The van der Waals surface area contributed by atoms with Gasteiger partial charge in [0.1, 0.15) is 0 Å². The van der Waals surface area contributed by atoms with Gasteiger partial charge in [-0.2, -0.15) is 0 Å². The molecule has 5 heteroatoms. The molecule has 2 aromatic rings. The third-order valence-corrected chi connectivity index (χ3v) is 5.09. The first-order valence-corrected chi connectivity index (χ1v) is 8.85. The van der Waals surface area contributed by atoms with E-state index in [1.165, 1.54) is 6.08 Å². The van der Waals surface area contributed by atoms with Crippen LogP contribution in [0.1, 0.15) is 23.7 Å². The summed E-state index contributed by atoms with van der Waals surface area (Å²) in [6, 6.07) is 15.2. The van der Waals surface area contributed by atoms with Crippen molar-refractivity contribution >= 4 is 10.0 Å². The van der Waals surface area contributed by atoms with E-state index in [-0.39, 0.29) is 11.3 Å². The van der Waals surface area contributed by atoms with Crippen molar-refractivity contribution in [2.75, 3.05) is 0 Å². The molecule has 0 saturated carbocycles. The average molecular weight is 331 g/mol. The van der Waals surface area contributed by atoms with Crippen molar-refractivity contribution in [3.8, 4) is 0 Å². The minimum absolute atomic E-state index is 0.198. The Labute approximate surface area is 137 Å². The van der Waals surface area contributed by atoms with Crippen molar-refractivity contribution in [2.24, 2.45) is 0 Å². The molecule has 0 amide bonds. The number of nitrogens with one attached hydrogen (secondary N) is 1. The Hall–Kier alpha value is -1.95. The summed E-state index contributed by atoms with van der Waals surface area (Å²) in [5, 5.41) is 10.2. The van der Waals surface area contributed by atoms with Gasteiger partial charge in [-0.05, 0) is 31.0 Å². The Bertz CT molecular complexity index is 740. The van der Waals surface area contributed by atoms with Gasteiger partial charge in [-0.3, -0.25) is 0 Å². The van der Waals surface area contributed by atoms with E-state index in [4.69, 9.17) is 0 Å². The smallest absolute Gasteiger partial charge is 0.241 e. The van der Waals surface area contributed by atoms with Crippen LogP contribution in [0.2, 0.25) is 0 Å². The van der Waals surface area contributed by atoms with Crippen molar-refractivity contribution < 1.29 is 13.5 Å². The van der Waals surface area contributed by atoms with Crippen LogP contribution in [0.4, 0.5) is 0 Å². The molecule has 0 saturated heterocycles. The van der Waals surface area contributed by atoms with E-state index >= 15 is 0 Å². The lowest BCUT2D eigenvalue weighted by Gasteiger charge is -2.19. The second kappa shape index (κ2) is 7.55. The van der Waals surface area contributed by atoms with E-state index < -0.39 is 22.2 Å².